The third kappa shape index (κ3) is 4.09. The largest absolute Gasteiger partial charge is 0.428 e. The molecule has 0 heterocycles. The highest BCUT2D eigenvalue weighted by atomic mass is 16.6. The molecule has 2 rings (SSSR count). The molecule has 0 saturated heterocycles. The first-order valence-corrected chi connectivity index (χ1v) is 7.70. The van der Waals surface area contributed by atoms with Crippen LogP contribution in [0.4, 0.5) is 11.4 Å². The molecule has 0 bridgehead atoms. The minimum absolute atomic E-state index is 0.0387. The Morgan fingerprint density at radius 1 is 1.28 bits per heavy atom. The summed E-state index contributed by atoms with van der Waals surface area (Å²) in [5, 5.41) is 22.0. The molecule has 1 aromatic rings. The van der Waals surface area contributed by atoms with Crippen LogP contribution in [-0.2, 0) is 4.74 Å². The Morgan fingerprint density at radius 3 is 2.44 bits per heavy atom. The highest BCUT2D eigenvalue weighted by molar-refractivity contribution is 5.93. The molecule has 8 heteroatoms. The lowest BCUT2D eigenvalue weighted by molar-refractivity contribution is -0.394. The number of carbonyl (C=O) groups is 1. The van der Waals surface area contributed by atoms with Crippen LogP contribution in [-0.4, -0.2) is 15.8 Å². The molecule has 0 saturated carbocycles. The molecular formula is C17H18N2O6. The molecule has 8 nitrogen and oxygen atoms in total. The average Bonchev–Trinajstić information content (AvgIpc) is 2.54. The number of hydrogen-bond donors (Lipinski definition) is 0. The van der Waals surface area contributed by atoms with Crippen LogP contribution in [0.25, 0.3) is 0 Å². The Hall–Kier alpha value is -3.03. The third-order valence-corrected chi connectivity index (χ3v) is 4.28. The van der Waals surface area contributed by atoms with Gasteiger partial charge in [-0.2, -0.15) is 0 Å². The van der Waals surface area contributed by atoms with Crippen LogP contribution in [0.3, 0.4) is 0 Å². The van der Waals surface area contributed by atoms with Crippen LogP contribution < -0.4 is 0 Å². The summed E-state index contributed by atoms with van der Waals surface area (Å²) in [5.41, 5.74) is -0.0854. The van der Waals surface area contributed by atoms with E-state index >= 15 is 0 Å². The van der Waals surface area contributed by atoms with Crippen LogP contribution in [0.5, 0.6) is 0 Å². The van der Waals surface area contributed by atoms with E-state index in [9.17, 15) is 25.0 Å². The Kier molecular flexibility index (Phi) is 5.31. The maximum absolute atomic E-state index is 12.4. The number of nitro groups is 2. The summed E-state index contributed by atoms with van der Waals surface area (Å²) in [5.74, 6) is -0.0246. The predicted molar refractivity (Wildman–Crippen MR) is 90.1 cm³/mol. The second kappa shape index (κ2) is 7.25. The van der Waals surface area contributed by atoms with Gasteiger partial charge in [0.15, 0.2) is 0 Å². The van der Waals surface area contributed by atoms with Crippen molar-refractivity contribution in [3.05, 3.63) is 67.5 Å². The molecular weight excluding hydrogens is 328 g/mol. The summed E-state index contributed by atoms with van der Waals surface area (Å²) < 4.78 is 5.30. The third-order valence-electron chi connectivity index (χ3n) is 4.28. The molecule has 1 aromatic carbocycles. The van der Waals surface area contributed by atoms with E-state index in [1.807, 2.05) is 6.92 Å². The van der Waals surface area contributed by atoms with Crippen molar-refractivity contribution >= 4 is 17.3 Å². The van der Waals surface area contributed by atoms with E-state index < -0.39 is 27.2 Å². The summed E-state index contributed by atoms with van der Waals surface area (Å²) in [4.78, 5) is 32.9. The number of allylic oxidation sites excluding steroid dienone is 3. The van der Waals surface area contributed by atoms with Gasteiger partial charge in [0.2, 0.25) is 0 Å². The van der Waals surface area contributed by atoms with Crippen molar-refractivity contribution in [2.24, 2.45) is 5.92 Å². The van der Waals surface area contributed by atoms with Crippen molar-refractivity contribution in [2.75, 3.05) is 0 Å². The van der Waals surface area contributed by atoms with Gasteiger partial charge >= 0.3 is 5.97 Å². The fraction of sp³-hybridized carbons (Fsp3) is 0.353. The Labute approximate surface area is 144 Å². The zero-order valence-corrected chi connectivity index (χ0v) is 14.0. The SMILES string of the molecule is C=C(C)C1CC=C(OC(=O)c2cc([N+](=O)[O-])cc([N+](=O)[O-])c2C)CC1. The molecule has 0 aliphatic heterocycles. The van der Waals surface area contributed by atoms with Crippen LogP contribution >= 0.6 is 0 Å². The van der Waals surface area contributed by atoms with E-state index in [1.54, 1.807) is 6.08 Å². The fourth-order valence-corrected chi connectivity index (χ4v) is 2.72. The quantitative estimate of drug-likeness (QED) is 0.341. The molecule has 0 radical (unpaired) electrons. The molecule has 132 valence electrons. The first-order chi connectivity index (χ1) is 11.7. The number of non-ortho nitro benzene ring substituents is 1. The molecule has 1 unspecified atom stereocenters. The predicted octanol–water partition coefficient (Wildman–Crippen LogP) is 4.23. The molecule has 0 amide bonds. The first-order valence-electron chi connectivity index (χ1n) is 7.70. The standard InChI is InChI=1S/C17H18N2O6/c1-10(2)12-4-6-14(7-5-12)25-17(20)15-8-13(18(21)22)9-16(11(15)3)19(23)24/h6,8-9,12H,1,4-5,7H2,2-3H3. The average molecular weight is 346 g/mol. The highest BCUT2D eigenvalue weighted by Crippen LogP contribution is 2.31. The van der Waals surface area contributed by atoms with Crippen LogP contribution in [0, 0.1) is 33.1 Å². The zero-order chi connectivity index (χ0) is 18.7. The normalized spacial score (nSPS) is 16.7. The second-order valence-electron chi connectivity index (χ2n) is 6.03. The Balaban J connectivity index is 2.29. The lowest BCUT2D eigenvalue weighted by Gasteiger charge is -2.21. The van der Waals surface area contributed by atoms with Crippen molar-refractivity contribution in [1.29, 1.82) is 0 Å². The molecule has 1 aliphatic carbocycles. The lowest BCUT2D eigenvalue weighted by Crippen LogP contribution is -2.13. The number of nitro benzene ring substituents is 2. The van der Waals surface area contributed by atoms with Gasteiger partial charge in [-0.1, -0.05) is 12.2 Å². The Bertz CT molecular complexity index is 797. The van der Waals surface area contributed by atoms with Crippen LogP contribution in [0.2, 0.25) is 0 Å². The van der Waals surface area contributed by atoms with Crippen molar-refractivity contribution < 1.29 is 19.4 Å². The van der Waals surface area contributed by atoms with Gasteiger partial charge in [0, 0.05) is 18.1 Å². The molecule has 25 heavy (non-hydrogen) atoms. The van der Waals surface area contributed by atoms with Crippen LogP contribution in [0.15, 0.2) is 36.1 Å². The summed E-state index contributed by atoms with van der Waals surface area (Å²) >= 11 is 0. The zero-order valence-electron chi connectivity index (χ0n) is 14.0. The maximum Gasteiger partial charge on any atom is 0.343 e. The molecule has 0 aromatic heterocycles. The fourth-order valence-electron chi connectivity index (χ4n) is 2.72. The van der Waals surface area contributed by atoms with E-state index in [0.29, 0.717) is 24.5 Å². The summed E-state index contributed by atoms with van der Waals surface area (Å²) in [6, 6.07) is 1.84. The van der Waals surface area contributed by atoms with Gasteiger partial charge in [-0.3, -0.25) is 20.2 Å². The maximum atomic E-state index is 12.4. The van der Waals surface area contributed by atoms with Crippen molar-refractivity contribution in [2.45, 2.75) is 33.1 Å². The number of rotatable bonds is 5. The van der Waals surface area contributed by atoms with E-state index in [1.165, 1.54) is 6.92 Å². The molecule has 0 N–H and O–H groups in total. The van der Waals surface area contributed by atoms with Crippen molar-refractivity contribution in [3.8, 4) is 0 Å². The number of carbonyl (C=O) groups excluding carboxylic acids is 1. The lowest BCUT2D eigenvalue weighted by atomic mass is 9.88. The van der Waals surface area contributed by atoms with Gasteiger partial charge in [-0.05, 0) is 38.7 Å². The minimum Gasteiger partial charge on any atom is -0.428 e. The van der Waals surface area contributed by atoms with Gasteiger partial charge in [0.05, 0.1) is 21.5 Å². The Morgan fingerprint density at radius 2 is 1.96 bits per heavy atom. The van der Waals surface area contributed by atoms with E-state index in [2.05, 4.69) is 6.58 Å². The summed E-state index contributed by atoms with van der Waals surface area (Å²) in [6.07, 6.45) is 3.83. The van der Waals surface area contributed by atoms with Gasteiger partial charge in [-0.25, -0.2) is 4.79 Å². The van der Waals surface area contributed by atoms with Crippen LogP contribution in [0.1, 0.15) is 42.1 Å². The monoisotopic (exact) mass is 346 g/mol. The molecule has 1 atom stereocenters. The smallest absolute Gasteiger partial charge is 0.343 e. The minimum atomic E-state index is -0.829. The topological polar surface area (TPSA) is 113 Å². The molecule has 0 spiro atoms. The van der Waals surface area contributed by atoms with Gasteiger partial charge in [-0.15, -0.1) is 0 Å². The van der Waals surface area contributed by atoms with E-state index in [0.717, 1.165) is 24.1 Å². The number of nitrogens with zero attached hydrogens (tertiary/aromatic N) is 2. The summed E-state index contributed by atoms with van der Waals surface area (Å²) in [6.45, 7) is 7.22. The second-order valence-corrected chi connectivity index (χ2v) is 6.03. The van der Waals surface area contributed by atoms with E-state index in [4.69, 9.17) is 4.74 Å². The summed E-state index contributed by atoms with van der Waals surface area (Å²) in [7, 11) is 0. The number of esters is 1. The van der Waals surface area contributed by atoms with Crippen molar-refractivity contribution in [1.82, 2.24) is 0 Å². The molecule has 0 fully saturated rings. The number of ether oxygens (including phenoxy) is 1. The van der Waals surface area contributed by atoms with Gasteiger partial charge in [0.25, 0.3) is 11.4 Å². The highest BCUT2D eigenvalue weighted by Gasteiger charge is 2.26. The van der Waals surface area contributed by atoms with Gasteiger partial charge < -0.3 is 4.74 Å². The van der Waals surface area contributed by atoms with Crippen molar-refractivity contribution in [3.63, 3.8) is 0 Å². The number of benzene rings is 1. The van der Waals surface area contributed by atoms with Gasteiger partial charge in [0.1, 0.15) is 5.76 Å². The van der Waals surface area contributed by atoms with E-state index in [-0.39, 0.29) is 11.1 Å². The first kappa shape index (κ1) is 18.3. The molecule has 1 aliphatic rings. The number of hydrogen-bond acceptors (Lipinski definition) is 6.